The number of thioether (sulfide) groups is 1. The Morgan fingerprint density at radius 3 is 2.41 bits per heavy atom. The number of nitrogens with zero attached hydrogens (tertiary/aromatic N) is 2. The van der Waals surface area contributed by atoms with Crippen molar-refractivity contribution in [3.05, 3.63) is 91.8 Å². The number of methoxy groups -OCH3 is 1. The van der Waals surface area contributed by atoms with Gasteiger partial charge >= 0.3 is 0 Å². The van der Waals surface area contributed by atoms with Gasteiger partial charge in [0.1, 0.15) is 6.61 Å². The summed E-state index contributed by atoms with van der Waals surface area (Å²) in [5.41, 5.74) is 2.43. The second-order valence-corrected chi connectivity index (χ2v) is 11.0. The fourth-order valence-electron chi connectivity index (χ4n) is 3.58. The normalized spacial score (nSPS) is 15.8. The minimum absolute atomic E-state index is 0.0784. The van der Waals surface area contributed by atoms with Gasteiger partial charge in [0.25, 0.3) is 5.91 Å². The maximum Gasteiger partial charge on any atom is 0.266 e. The number of carbonyl (C=O) groups is 1. The molecule has 0 N–H and O–H groups in total. The van der Waals surface area contributed by atoms with Crippen molar-refractivity contribution >= 4 is 69.4 Å². The van der Waals surface area contributed by atoms with Crippen molar-refractivity contribution < 1.29 is 14.3 Å². The SMILES string of the molecule is COc1cc(/C=C2\SC(=Nc3ccc(Cl)cc3)N(CC(C)C)C2=O)ccc1OCc1ccc(Cl)c(Cl)c1. The number of benzene rings is 3. The number of carbonyl (C=O) groups excluding carboxylic acids is 1. The van der Waals surface area contributed by atoms with Gasteiger partial charge < -0.3 is 9.47 Å². The molecule has 3 aromatic carbocycles. The fraction of sp³-hybridized carbons (Fsp3) is 0.214. The number of hydrogen-bond acceptors (Lipinski definition) is 5. The molecule has 0 bridgehead atoms. The second kappa shape index (κ2) is 12.3. The van der Waals surface area contributed by atoms with E-state index < -0.39 is 0 Å². The lowest BCUT2D eigenvalue weighted by Crippen LogP contribution is -2.32. The molecule has 0 spiro atoms. The Bertz CT molecular complexity index is 1360. The molecule has 1 fully saturated rings. The molecular weight excluding hydrogens is 551 g/mol. The van der Waals surface area contributed by atoms with Gasteiger partial charge in [-0.05, 0) is 83.4 Å². The molecule has 0 atom stereocenters. The third-order valence-electron chi connectivity index (χ3n) is 5.35. The fourth-order valence-corrected chi connectivity index (χ4v) is 5.03. The molecule has 1 saturated heterocycles. The molecule has 1 aliphatic heterocycles. The zero-order chi connectivity index (χ0) is 26.5. The van der Waals surface area contributed by atoms with Gasteiger partial charge in [0.05, 0.1) is 27.7 Å². The first-order valence-corrected chi connectivity index (χ1v) is 13.5. The van der Waals surface area contributed by atoms with Crippen LogP contribution >= 0.6 is 46.6 Å². The van der Waals surface area contributed by atoms with Crippen LogP contribution in [-0.2, 0) is 11.4 Å². The van der Waals surface area contributed by atoms with Gasteiger partial charge in [-0.25, -0.2) is 4.99 Å². The lowest BCUT2D eigenvalue weighted by molar-refractivity contribution is -0.122. The predicted octanol–water partition coefficient (Wildman–Crippen LogP) is 8.49. The van der Waals surface area contributed by atoms with E-state index >= 15 is 0 Å². The van der Waals surface area contributed by atoms with Crippen LogP contribution in [0.3, 0.4) is 0 Å². The number of amides is 1. The Kier molecular flexibility index (Phi) is 9.08. The van der Waals surface area contributed by atoms with Crippen molar-refractivity contribution in [3.63, 3.8) is 0 Å². The predicted molar refractivity (Wildman–Crippen MR) is 154 cm³/mol. The first-order chi connectivity index (χ1) is 17.7. The first kappa shape index (κ1) is 27.4. The standard InChI is InChI=1S/C28H25Cl3N2O3S/c1-17(2)15-33-27(34)26(37-28(33)32-21-8-6-20(29)7-9-21)14-18-5-11-24(25(13-18)35-3)36-16-19-4-10-22(30)23(31)12-19/h4-14,17H,15-16H2,1-3H3/b26-14-,32-28?. The van der Waals surface area contributed by atoms with Crippen molar-refractivity contribution in [2.45, 2.75) is 20.5 Å². The molecule has 0 saturated carbocycles. The number of halogens is 3. The number of hydrogen-bond donors (Lipinski definition) is 0. The van der Waals surface area contributed by atoms with Gasteiger partial charge in [0.2, 0.25) is 0 Å². The summed E-state index contributed by atoms with van der Waals surface area (Å²) in [5, 5.41) is 2.24. The third kappa shape index (κ3) is 7.02. The number of ether oxygens (including phenoxy) is 2. The van der Waals surface area contributed by atoms with E-state index in [1.54, 1.807) is 36.3 Å². The third-order valence-corrected chi connectivity index (χ3v) is 7.35. The first-order valence-electron chi connectivity index (χ1n) is 11.5. The number of amidine groups is 1. The van der Waals surface area contributed by atoms with Crippen molar-refractivity contribution in [1.82, 2.24) is 4.90 Å². The van der Waals surface area contributed by atoms with Crippen molar-refractivity contribution in [1.29, 1.82) is 0 Å². The van der Waals surface area contributed by atoms with Gasteiger partial charge in [-0.1, -0.05) is 60.8 Å². The molecule has 37 heavy (non-hydrogen) atoms. The second-order valence-electron chi connectivity index (χ2n) is 8.74. The van der Waals surface area contributed by atoms with Crippen LogP contribution in [0.15, 0.2) is 70.6 Å². The molecule has 0 aliphatic carbocycles. The lowest BCUT2D eigenvalue weighted by atomic mass is 10.1. The highest BCUT2D eigenvalue weighted by Gasteiger charge is 2.33. The summed E-state index contributed by atoms with van der Waals surface area (Å²) >= 11 is 19.4. The van der Waals surface area contributed by atoms with Crippen LogP contribution in [-0.4, -0.2) is 29.6 Å². The number of rotatable bonds is 8. The smallest absolute Gasteiger partial charge is 0.266 e. The molecule has 0 radical (unpaired) electrons. The topological polar surface area (TPSA) is 51.1 Å². The van der Waals surface area contributed by atoms with E-state index in [0.717, 1.165) is 16.8 Å². The summed E-state index contributed by atoms with van der Waals surface area (Å²) in [6.45, 7) is 5.01. The van der Waals surface area contributed by atoms with E-state index in [-0.39, 0.29) is 11.8 Å². The highest BCUT2D eigenvalue weighted by molar-refractivity contribution is 8.18. The molecule has 1 amide bonds. The van der Waals surface area contributed by atoms with E-state index in [0.29, 0.717) is 49.8 Å². The number of aliphatic imine (C=N–C) groups is 1. The van der Waals surface area contributed by atoms with Crippen LogP contribution < -0.4 is 9.47 Å². The Balaban J connectivity index is 1.56. The van der Waals surface area contributed by atoms with Crippen molar-refractivity contribution in [2.24, 2.45) is 10.9 Å². The van der Waals surface area contributed by atoms with E-state index in [1.165, 1.54) is 11.8 Å². The summed E-state index contributed by atoms with van der Waals surface area (Å²) in [6.07, 6.45) is 1.84. The molecule has 4 rings (SSSR count). The zero-order valence-electron chi connectivity index (χ0n) is 20.5. The average Bonchev–Trinajstić information content (AvgIpc) is 3.14. The summed E-state index contributed by atoms with van der Waals surface area (Å²) < 4.78 is 11.5. The van der Waals surface area contributed by atoms with Crippen LogP contribution in [0.1, 0.15) is 25.0 Å². The highest BCUT2D eigenvalue weighted by atomic mass is 35.5. The molecular formula is C28H25Cl3N2O3S. The van der Waals surface area contributed by atoms with Gasteiger partial charge in [-0.15, -0.1) is 0 Å². The summed E-state index contributed by atoms with van der Waals surface area (Å²) in [4.78, 5) is 20.3. The monoisotopic (exact) mass is 574 g/mol. The van der Waals surface area contributed by atoms with E-state index in [2.05, 4.69) is 13.8 Å². The molecule has 192 valence electrons. The van der Waals surface area contributed by atoms with Crippen LogP contribution in [0.2, 0.25) is 15.1 Å². The van der Waals surface area contributed by atoms with Crippen molar-refractivity contribution in [3.8, 4) is 11.5 Å². The van der Waals surface area contributed by atoms with Crippen LogP contribution in [0.4, 0.5) is 5.69 Å². The minimum atomic E-state index is -0.0784. The quantitative estimate of drug-likeness (QED) is 0.253. The van der Waals surface area contributed by atoms with Gasteiger partial charge in [-0.2, -0.15) is 0 Å². The van der Waals surface area contributed by atoms with Gasteiger partial charge in [-0.3, -0.25) is 9.69 Å². The molecule has 3 aromatic rings. The Hall–Kier alpha value is -2.64. The van der Waals surface area contributed by atoms with E-state index in [4.69, 9.17) is 49.3 Å². The van der Waals surface area contributed by atoms with Crippen LogP contribution in [0.25, 0.3) is 6.08 Å². The maximum atomic E-state index is 13.3. The Morgan fingerprint density at radius 2 is 1.73 bits per heavy atom. The maximum absolute atomic E-state index is 13.3. The molecule has 1 aliphatic rings. The van der Waals surface area contributed by atoms with Gasteiger partial charge in [0.15, 0.2) is 16.7 Å². The summed E-state index contributed by atoms with van der Waals surface area (Å²) in [5.74, 6) is 1.34. The molecule has 9 heteroatoms. The summed E-state index contributed by atoms with van der Waals surface area (Å²) in [6, 6.07) is 18.1. The zero-order valence-corrected chi connectivity index (χ0v) is 23.6. The van der Waals surface area contributed by atoms with E-state index in [1.807, 2.05) is 42.5 Å². The van der Waals surface area contributed by atoms with Crippen LogP contribution in [0.5, 0.6) is 11.5 Å². The molecule has 0 aromatic heterocycles. The molecule has 1 heterocycles. The molecule has 0 unspecified atom stereocenters. The molecule has 5 nitrogen and oxygen atoms in total. The Labute approximate surface area is 236 Å². The largest absolute Gasteiger partial charge is 0.493 e. The average molecular weight is 576 g/mol. The van der Waals surface area contributed by atoms with Gasteiger partial charge in [0, 0.05) is 11.6 Å². The Morgan fingerprint density at radius 1 is 0.973 bits per heavy atom. The van der Waals surface area contributed by atoms with Crippen molar-refractivity contribution in [2.75, 3.05) is 13.7 Å². The van der Waals surface area contributed by atoms with E-state index in [9.17, 15) is 4.79 Å². The lowest BCUT2D eigenvalue weighted by Gasteiger charge is -2.17. The van der Waals surface area contributed by atoms with Crippen LogP contribution in [0, 0.1) is 5.92 Å². The minimum Gasteiger partial charge on any atom is -0.493 e. The highest BCUT2D eigenvalue weighted by Crippen LogP contribution is 2.36. The summed E-state index contributed by atoms with van der Waals surface area (Å²) in [7, 11) is 1.58.